The van der Waals surface area contributed by atoms with E-state index < -0.39 is 0 Å². The number of hydrogen-bond donors (Lipinski definition) is 1. The van der Waals surface area contributed by atoms with Crippen LogP contribution < -0.4 is 11.3 Å². The molecule has 1 rings (SSSR count). The number of rotatable bonds is 4. The van der Waals surface area contributed by atoms with Crippen LogP contribution in [0.3, 0.4) is 0 Å². The van der Waals surface area contributed by atoms with Gasteiger partial charge < -0.3 is 15.0 Å². The molecule has 0 aliphatic heterocycles. The van der Waals surface area contributed by atoms with Crippen LogP contribution in [0.2, 0.25) is 0 Å². The summed E-state index contributed by atoms with van der Waals surface area (Å²) in [7, 11) is 1.62. The van der Waals surface area contributed by atoms with Crippen LogP contribution in [0.5, 0.6) is 0 Å². The monoisotopic (exact) mass is 210 g/mol. The van der Waals surface area contributed by atoms with Gasteiger partial charge >= 0.3 is 0 Å². The average molecular weight is 210 g/mol. The Kier molecular flexibility index (Phi) is 4.05. The minimum Gasteiger partial charge on any atom is -0.383 e. The summed E-state index contributed by atoms with van der Waals surface area (Å²) in [6.07, 6.45) is 0. The summed E-state index contributed by atoms with van der Waals surface area (Å²) in [4.78, 5) is 12.0. The standard InChI is InChI=1S/C11H18N2O2/c1-8-4-5-10(9(2)12)11(14)13(8)6-7-15-3/h4-5,9H,6-7,12H2,1-3H3. The molecule has 4 nitrogen and oxygen atoms in total. The van der Waals surface area contributed by atoms with E-state index in [0.29, 0.717) is 18.7 Å². The van der Waals surface area contributed by atoms with Crippen molar-refractivity contribution in [1.29, 1.82) is 0 Å². The summed E-state index contributed by atoms with van der Waals surface area (Å²) in [6, 6.07) is 3.48. The lowest BCUT2D eigenvalue weighted by Crippen LogP contribution is -2.29. The van der Waals surface area contributed by atoms with Gasteiger partial charge in [0.1, 0.15) is 0 Å². The van der Waals surface area contributed by atoms with E-state index in [1.165, 1.54) is 0 Å². The van der Waals surface area contributed by atoms with Crippen LogP contribution in [0.4, 0.5) is 0 Å². The molecule has 0 saturated heterocycles. The predicted molar refractivity (Wildman–Crippen MR) is 59.9 cm³/mol. The Morgan fingerprint density at radius 3 is 2.73 bits per heavy atom. The van der Waals surface area contributed by atoms with Gasteiger partial charge in [0, 0.05) is 31.0 Å². The molecular formula is C11H18N2O2. The second-order valence-corrected chi connectivity index (χ2v) is 3.67. The van der Waals surface area contributed by atoms with Crippen LogP contribution in [0.25, 0.3) is 0 Å². The number of aryl methyl sites for hydroxylation is 1. The van der Waals surface area contributed by atoms with E-state index in [1.54, 1.807) is 17.7 Å². The molecular weight excluding hydrogens is 192 g/mol. The molecule has 1 aromatic heterocycles. The highest BCUT2D eigenvalue weighted by Gasteiger charge is 2.08. The highest BCUT2D eigenvalue weighted by atomic mass is 16.5. The van der Waals surface area contributed by atoms with E-state index >= 15 is 0 Å². The first-order chi connectivity index (χ1) is 7.07. The Morgan fingerprint density at radius 1 is 1.53 bits per heavy atom. The molecule has 1 atom stereocenters. The fourth-order valence-electron chi connectivity index (χ4n) is 1.49. The van der Waals surface area contributed by atoms with Gasteiger partial charge in [0.2, 0.25) is 0 Å². The number of nitrogens with zero attached hydrogens (tertiary/aromatic N) is 1. The van der Waals surface area contributed by atoms with Crippen molar-refractivity contribution in [3.8, 4) is 0 Å². The lowest BCUT2D eigenvalue weighted by molar-refractivity contribution is 0.185. The van der Waals surface area contributed by atoms with Crippen LogP contribution in [0, 0.1) is 6.92 Å². The zero-order chi connectivity index (χ0) is 11.4. The maximum Gasteiger partial charge on any atom is 0.255 e. The Morgan fingerprint density at radius 2 is 2.20 bits per heavy atom. The van der Waals surface area contributed by atoms with Crippen LogP contribution in [-0.4, -0.2) is 18.3 Å². The Labute approximate surface area is 89.7 Å². The highest BCUT2D eigenvalue weighted by molar-refractivity contribution is 5.18. The van der Waals surface area contributed by atoms with Crippen molar-refractivity contribution >= 4 is 0 Å². The molecule has 0 aromatic carbocycles. The van der Waals surface area contributed by atoms with E-state index in [0.717, 1.165) is 5.69 Å². The lowest BCUT2D eigenvalue weighted by Gasteiger charge is -2.12. The predicted octanol–water partition coefficient (Wildman–Crippen LogP) is 0.823. The zero-order valence-corrected chi connectivity index (χ0v) is 9.49. The molecule has 0 fully saturated rings. The van der Waals surface area contributed by atoms with Gasteiger partial charge in [0.15, 0.2) is 0 Å². The van der Waals surface area contributed by atoms with Crippen molar-refractivity contribution in [2.24, 2.45) is 5.73 Å². The normalized spacial score (nSPS) is 12.8. The van der Waals surface area contributed by atoms with E-state index in [9.17, 15) is 4.79 Å². The Bertz CT molecular complexity index is 383. The molecule has 0 amide bonds. The smallest absolute Gasteiger partial charge is 0.255 e. The second-order valence-electron chi connectivity index (χ2n) is 3.67. The van der Waals surface area contributed by atoms with Crippen molar-refractivity contribution in [2.45, 2.75) is 26.4 Å². The fraction of sp³-hybridized carbons (Fsp3) is 0.545. The molecule has 2 N–H and O–H groups in total. The van der Waals surface area contributed by atoms with Crippen molar-refractivity contribution < 1.29 is 4.74 Å². The highest BCUT2D eigenvalue weighted by Crippen LogP contribution is 2.05. The van der Waals surface area contributed by atoms with Gasteiger partial charge in [-0.05, 0) is 19.9 Å². The molecule has 0 aliphatic rings. The van der Waals surface area contributed by atoms with E-state index in [1.807, 2.05) is 19.9 Å². The number of nitrogens with two attached hydrogens (primary N) is 1. The molecule has 84 valence electrons. The van der Waals surface area contributed by atoms with Gasteiger partial charge in [-0.2, -0.15) is 0 Å². The molecule has 0 radical (unpaired) electrons. The number of aromatic nitrogens is 1. The number of hydrogen-bond acceptors (Lipinski definition) is 3. The van der Waals surface area contributed by atoms with Crippen LogP contribution in [0.15, 0.2) is 16.9 Å². The van der Waals surface area contributed by atoms with E-state index in [4.69, 9.17) is 10.5 Å². The number of methoxy groups -OCH3 is 1. The molecule has 4 heteroatoms. The molecule has 0 aliphatic carbocycles. The minimum atomic E-state index is -0.230. The molecule has 0 spiro atoms. The summed E-state index contributed by atoms with van der Waals surface area (Å²) in [5, 5.41) is 0. The summed E-state index contributed by atoms with van der Waals surface area (Å²) >= 11 is 0. The summed E-state index contributed by atoms with van der Waals surface area (Å²) in [6.45, 7) is 4.82. The van der Waals surface area contributed by atoms with Gasteiger partial charge in [0.05, 0.1) is 6.61 Å². The second kappa shape index (κ2) is 5.09. The SMILES string of the molecule is COCCn1c(C)ccc(C(C)N)c1=O. The Hall–Kier alpha value is -1.13. The first-order valence-corrected chi connectivity index (χ1v) is 5.02. The maximum absolute atomic E-state index is 12.0. The zero-order valence-electron chi connectivity index (χ0n) is 9.49. The minimum absolute atomic E-state index is 0.0120. The van der Waals surface area contributed by atoms with Crippen LogP contribution in [0.1, 0.15) is 24.2 Å². The molecule has 0 saturated carbocycles. The molecule has 1 aromatic rings. The fourth-order valence-corrected chi connectivity index (χ4v) is 1.49. The van der Waals surface area contributed by atoms with Gasteiger partial charge in [-0.25, -0.2) is 0 Å². The molecule has 15 heavy (non-hydrogen) atoms. The average Bonchev–Trinajstić information content (AvgIpc) is 2.17. The number of ether oxygens (including phenoxy) is 1. The largest absolute Gasteiger partial charge is 0.383 e. The number of pyridine rings is 1. The summed E-state index contributed by atoms with van der Waals surface area (Å²) < 4.78 is 6.66. The Balaban J connectivity index is 3.13. The first kappa shape index (κ1) is 11.9. The third kappa shape index (κ3) is 2.67. The van der Waals surface area contributed by atoms with Crippen molar-refractivity contribution in [1.82, 2.24) is 4.57 Å². The maximum atomic E-state index is 12.0. The lowest BCUT2D eigenvalue weighted by atomic mass is 10.1. The van der Waals surface area contributed by atoms with Crippen LogP contribution in [-0.2, 0) is 11.3 Å². The third-order valence-corrected chi connectivity index (χ3v) is 2.43. The molecule has 1 unspecified atom stereocenters. The molecule has 1 heterocycles. The quantitative estimate of drug-likeness (QED) is 0.800. The first-order valence-electron chi connectivity index (χ1n) is 5.02. The van der Waals surface area contributed by atoms with Crippen molar-refractivity contribution in [3.63, 3.8) is 0 Å². The van der Waals surface area contributed by atoms with Gasteiger partial charge in [-0.15, -0.1) is 0 Å². The van der Waals surface area contributed by atoms with E-state index in [2.05, 4.69) is 0 Å². The molecule has 0 bridgehead atoms. The van der Waals surface area contributed by atoms with Crippen molar-refractivity contribution in [3.05, 3.63) is 33.7 Å². The van der Waals surface area contributed by atoms with Crippen LogP contribution >= 0.6 is 0 Å². The van der Waals surface area contributed by atoms with Gasteiger partial charge in [0.25, 0.3) is 5.56 Å². The van der Waals surface area contributed by atoms with Crippen molar-refractivity contribution in [2.75, 3.05) is 13.7 Å². The summed E-state index contributed by atoms with van der Waals surface area (Å²) in [5.74, 6) is 0. The van der Waals surface area contributed by atoms with Gasteiger partial charge in [-0.1, -0.05) is 6.07 Å². The summed E-state index contributed by atoms with van der Waals surface area (Å²) in [5.41, 5.74) is 7.29. The topological polar surface area (TPSA) is 57.2 Å². The third-order valence-electron chi connectivity index (χ3n) is 2.43. The van der Waals surface area contributed by atoms with Gasteiger partial charge in [-0.3, -0.25) is 4.79 Å². The van der Waals surface area contributed by atoms with E-state index in [-0.39, 0.29) is 11.6 Å².